The molecule has 0 aliphatic carbocycles. The smallest absolute Gasteiger partial charge is 0.385 e. The van der Waals surface area contributed by atoms with Crippen molar-refractivity contribution in [2.45, 2.75) is 52.4 Å². The number of nitrogens with one attached hydrogen (secondary N) is 1. The number of anilines is 2. The van der Waals surface area contributed by atoms with Gasteiger partial charge in [0.25, 0.3) is 0 Å². The van der Waals surface area contributed by atoms with Crippen molar-refractivity contribution < 1.29 is 22.6 Å². The SMILES string of the molecule is C#C.C/C=C(\C=C/COC(F)(F)F)N1/C(=C/C(=NC(CC)CCOC)/C(=C\CC)Nc2cccnc2)C=Nc2ccccc21. The highest BCUT2D eigenvalue weighted by molar-refractivity contribution is 6.14. The van der Waals surface area contributed by atoms with Crippen molar-refractivity contribution in [3.8, 4) is 12.8 Å². The summed E-state index contributed by atoms with van der Waals surface area (Å²) in [6.45, 7) is 5.93. The van der Waals surface area contributed by atoms with Gasteiger partial charge in [-0.1, -0.05) is 44.2 Å². The predicted octanol–water partition coefficient (Wildman–Crippen LogP) is 8.40. The van der Waals surface area contributed by atoms with E-state index < -0.39 is 13.0 Å². The highest BCUT2D eigenvalue weighted by Crippen LogP contribution is 2.37. The monoisotopic (exact) mass is 607 g/mol. The minimum Gasteiger partial charge on any atom is -0.385 e. The summed E-state index contributed by atoms with van der Waals surface area (Å²) < 4.78 is 47.0. The van der Waals surface area contributed by atoms with Crippen LogP contribution in [0.25, 0.3) is 0 Å². The van der Waals surface area contributed by atoms with Gasteiger partial charge in [0, 0.05) is 25.6 Å². The van der Waals surface area contributed by atoms with Gasteiger partial charge in [-0.15, -0.1) is 26.0 Å². The molecule has 0 bridgehead atoms. The number of pyridine rings is 1. The van der Waals surface area contributed by atoms with Crippen LogP contribution in [-0.2, 0) is 9.47 Å². The quantitative estimate of drug-likeness (QED) is 0.133. The first-order chi connectivity index (χ1) is 21.3. The summed E-state index contributed by atoms with van der Waals surface area (Å²) in [6.07, 6.45) is 19.6. The van der Waals surface area contributed by atoms with Gasteiger partial charge < -0.3 is 15.0 Å². The Bertz CT molecular complexity index is 1380. The summed E-state index contributed by atoms with van der Waals surface area (Å²) in [4.78, 5) is 16.0. The van der Waals surface area contributed by atoms with Crippen molar-refractivity contribution in [1.29, 1.82) is 0 Å². The minimum atomic E-state index is -4.71. The lowest BCUT2D eigenvalue weighted by atomic mass is 10.1. The van der Waals surface area contributed by atoms with E-state index in [0.717, 1.165) is 42.0 Å². The number of para-hydroxylation sites is 2. The first kappa shape index (κ1) is 35.7. The van der Waals surface area contributed by atoms with Gasteiger partial charge in [-0.05, 0) is 62.6 Å². The number of allylic oxidation sites excluding steroid dienone is 5. The predicted molar refractivity (Wildman–Crippen MR) is 174 cm³/mol. The summed E-state index contributed by atoms with van der Waals surface area (Å²) in [7, 11) is 1.67. The molecule has 1 unspecified atom stereocenters. The number of nitrogens with zero attached hydrogens (tertiary/aromatic N) is 4. The molecule has 0 saturated carbocycles. The van der Waals surface area contributed by atoms with E-state index >= 15 is 0 Å². The summed E-state index contributed by atoms with van der Waals surface area (Å²) in [5, 5.41) is 3.47. The van der Waals surface area contributed by atoms with Crippen molar-refractivity contribution in [3.63, 3.8) is 0 Å². The molecule has 1 N–H and O–H groups in total. The zero-order valence-electron chi connectivity index (χ0n) is 25.6. The number of aliphatic imine (C=N–C) groups is 2. The highest BCUT2D eigenvalue weighted by Gasteiger charge is 2.28. The molecule has 2 heterocycles. The fourth-order valence-electron chi connectivity index (χ4n) is 4.25. The summed E-state index contributed by atoms with van der Waals surface area (Å²) in [5.41, 5.74) is 5.18. The number of ether oxygens (including phenoxy) is 2. The molecule has 1 atom stereocenters. The lowest BCUT2D eigenvalue weighted by molar-refractivity contribution is -0.319. The van der Waals surface area contributed by atoms with Crippen molar-refractivity contribution in [2.75, 3.05) is 30.5 Å². The van der Waals surface area contributed by atoms with Crippen molar-refractivity contribution in [1.82, 2.24) is 4.98 Å². The number of fused-ring (bicyclic) bond motifs is 1. The van der Waals surface area contributed by atoms with E-state index in [1.807, 2.05) is 67.3 Å². The van der Waals surface area contributed by atoms with E-state index in [1.54, 1.807) is 31.8 Å². The number of hydrogen-bond acceptors (Lipinski definition) is 7. The van der Waals surface area contributed by atoms with Gasteiger partial charge >= 0.3 is 6.36 Å². The molecule has 234 valence electrons. The Hall–Kier alpha value is -4.46. The molecule has 10 heteroatoms. The molecule has 1 aromatic carbocycles. The first-order valence-electron chi connectivity index (χ1n) is 14.3. The van der Waals surface area contributed by atoms with Crippen molar-refractivity contribution >= 4 is 29.0 Å². The van der Waals surface area contributed by atoms with E-state index in [-0.39, 0.29) is 6.04 Å². The van der Waals surface area contributed by atoms with Crippen molar-refractivity contribution in [3.05, 3.63) is 96.3 Å². The van der Waals surface area contributed by atoms with E-state index in [1.165, 1.54) is 6.08 Å². The normalized spacial score (nSPS) is 15.6. The number of halogens is 3. The van der Waals surface area contributed by atoms with Gasteiger partial charge in [-0.2, -0.15) is 0 Å². The molecule has 0 fully saturated rings. The zero-order valence-corrected chi connectivity index (χ0v) is 25.6. The van der Waals surface area contributed by atoms with Crippen LogP contribution in [0.15, 0.2) is 106 Å². The molecule has 0 radical (unpaired) electrons. The molecule has 1 aromatic heterocycles. The number of aromatic nitrogens is 1. The zero-order chi connectivity index (χ0) is 32.4. The Morgan fingerprint density at radius 2 is 1.93 bits per heavy atom. The maximum atomic E-state index is 12.6. The van der Waals surface area contributed by atoms with Crippen LogP contribution in [0.1, 0.15) is 40.0 Å². The molecule has 44 heavy (non-hydrogen) atoms. The minimum absolute atomic E-state index is 0.00498. The van der Waals surface area contributed by atoms with Gasteiger partial charge in [-0.3, -0.25) is 19.7 Å². The average molecular weight is 608 g/mol. The second-order valence-electron chi connectivity index (χ2n) is 9.27. The van der Waals surface area contributed by atoms with E-state index in [0.29, 0.717) is 23.7 Å². The molecule has 1 aliphatic heterocycles. The van der Waals surface area contributed by atoms with Gasteiger partial charge in [0.1, 0.15) is 0 Å². The third kappa shape index (κ3) is 11.3. The van der Waals surface area contributed by atoms with Crippen LogP contribution in [0, 0.1) is 12.8 Å². The van der Waals surface area contributed by atoms with Crippen LogP contribution < -0.4 is 10.2 Å². The number of benzene rings is 1. The molecular weight excluding hydrogens is 567 g/mol. The van der Waals surface area contributed by atoms with E-state index in [4.69, 9.17) is 9.73 Å². The molecule has 7 nitrogen and oxygen atoms in total. The Kier molecular flexibility index (Phi) is 15.4. The average Bonchev–Trinajstić information content (AvgIpc) is 3.03. The van der Waals surface area contributed by atoms with E-state index in [2.05, 4.69) is 45.9 Å². The second kappa shape index (κ2) is 18.9. The maximum absolute atomic E-state index is 12.6. The standard InChI is InChI=1S/C32H38F3N5O2.C2H2/c1-5-12-28(39-25-13-10-18-36-22-25)30(38-24(6-2)17-20-41-4)21-27-23-37-29-15-8-9-16-31(29)40(27)26(7-3)14-11-19-42-32(33,34)35;1-2/h7-16,18,21-24,39H,5-6,17,19-20H2,1-4H3;1-2H/b14-11-,26-7+,27-21+,28-12+,38-30?;. The highest BCUT2D eigenvalue weighted by atomic mass is 19.4. The molecule has 3 rings (SSSR count). The van der Waals surface area contributed by atoms with Gasteiger partial charge in [0.05, 0.1) is 59.2 Å². The number of terminal acetylenes is 1. The summed E-state index contributed by atoms with van der Waals surface area (Å²) in [6, 6.07) is 11.4. The van der Waals surface area contributed by atoms with Crippen LogP contribution in [0.2, 0.25) is 0 Å². The number of alkyl halides is 3. The van der Waals surface area contributed by atoms with Crippen molar-refractivity contribution in [2.24, 2.45) is 9.98 Å². The number of methoxy groups -OCH3 is 1. The summed E-state index contributed by atoms with van der Waals surface area (Å²) in [5.74, 6) is 0. The van der Waals surface area contributed by atoms with Gasteiger partial charge in [-0.25, -0.2) is 0 Å². The number of hydrogen-bond donors (Lipinski definition) is 1. The van der Waals surface area contributed by atoms with Gasteiger partial charge in [0.15, 0.2) is 0 Å². The van der Waals surface area contributed by atoms with Gasteiger partial charge in [0.2, 0.25) is 0 Å². The Labute approximate surface area is 258 Å². The van der Waals surface area contributed by atoms with Crippen LogP contribution in [0.4, 0.5) is 30.2 Å². The largest absolute Gasteiger partial charge is 0.522 e. The first-order valence-corrected chi connectivity index (χ1v) is 14.3. The topological polar surface area (TPSA) is 71.3 Å². The molecular formula is C34H40F3N5O2. The molecule has 2 aromatic rings. The van der Waals surface area contributed by atoms with Crippen LogP contribution in [0.5, 0.6) is 0 Å². The third-order valence-electron chi connectivity index (χ3n) is 6.26. The molecule has 0 amide bonds. The number of rotatable bonds is 14. The Morgan fingerprint density at radius 1 is 1.16 bits per heavy atom. The van der Waals surface area contributed by atoms with E-state index in [9.17, 15) is 13.2 Å². The molecule has 0 spiro atoms. The third-order valence-corrected chi connectivity index (χ3v) is 6.26. The summed E-state index contributed by atoms with van der Waals surface area (Å²) >= 11 is 0. The lowest BCUT2D eigenvalue weighted by Crippen LogP contribution is -2.26. The maximum Gasteiger partial charge on any atom is 0.522 e. The van der Waals surface area contributed by atoms with Crippen LogP contribution in [-0.4, -0.2) is 49.6 Å². The van der Waals surface area contributed by atoms with Crippen LogP contribution in [0.3, 0.4) is 0 Å². The van der Waals surface area contributed by atoms with Crippen LogP contribution >= 0.6 is 0 Å². The fourth-order valence-corrected chi connectivity index (χ4v) is 4.25. The molecule has 0 saturated heterocycles. The Balaban J connectivity index is 0.00000330. The Morgan fingerprint density at radius 3 is 2.57 bits per heavy atom. The molecule has 1 aliphatic rings. The fraction of sp³-hybridized carbons (Fsp3) is 0.324. The second-order valence-corrected chi connectivity index (χ2v) is 9.27. The lowest BCUT2D eigenvalue weighted by Gasteiger charge is -2.31.